The Hall–Kier alpha value is -3.83. The molecule has 0 saturated carbocycles. The second-order valence-electron chi connectivity index (χ2n) is 5.44. The molecule has 3 aromatic rings. The molecule has 1 N–H and O–H groups in total. The summed E-state index contributed by atoms with van der Waals surface area (Å²) in [5.41, 5.74) is -5.09. The van der Waals surface area contributed by atoms with Gasteiger partial charge in [0.05, 0.1) is 16.9 Å². The quantitative estimate of drug-likeness (QED) is 0.522. The summed E-state index contributed by atoms with van der Waals surface area (Å²) in [5.74, 6) is 0.218. The average Bonchev–Trinajstić information content (AvgIpc) is 3.12. The summed E-state index contributed by atoms with van der Waals surface area (Å²) in [6.07, 6.45) is -3.54. The topological polar surface area (TPSA) is 120 Å². The molecular weight excluding hydrogens is 387 g/mol. The zero-order valence-electron chi connectivity index (χ0n) is 13.7. The van der Waals surface area contributed by atoms with Crippen LogP contribution in [0.2, 0.25) is 0 Å². The number of hydrogen-bond donors (Lipinski definition) is 1. The van der Waals surface area contributed by atoms with Gasteiger partial charge in [-0.25, -0.2) is 9.36 Å². The van der Waals surface area contributed by atoms with Crippen LogP contribution < -0.4 is 16.0 Å². The van der Waals surface area contributed by atoms with E-state index in [-0.39, 0.29) is 24.1 Å². The van der Waals surface area contributed by atoms with Crippen LogP contribution in [0.3, 0.4) is 0 Å². The van der Waals surface area contributed by atoms with E-state index in [0.29, 0.717) is 10.3 Å². The van der Waals surface area contributed by atoms with E-state index in [1.165, 1.54) is 11.2 Å². The zero-order chi connectivity index (χ0) is 20.5. The minimum atomic E-state index is -4.92. The molecule has 9 nitrogen and oxygen atoms in total. The number of nitrogens with zero attached hydrogens (tertiary/aromatic N) is 2. The summed E-state index contributed by atoms with van der Waals surface area (Å²) in [6.45, 7) is -0.117. The third kappa shape index (κ3) is 3.79. The Morgan fingerprint density at radius 2 is 1.96 bits per heavy atom. The molecule has 28 heavy (non-hydrogen) atoms. The number of aromatic nitrogens is 2. The predicted molar refractivity (Wildman–Crippen MR) is 87.4 cm³/mol. The lowest BCUT2D eigenvalue weighted by Gasteiger charge is -2.10. The first-order chi connectivity index (χ1) is 13.2. The van der Waals surface area contributed by atoms with Gasteiger partial charge in [-0.3, -0.25) is 14.9 Å². The number of furan rings is 1. The lowest BCUT2D eigenvalue weighted by Crippen LogP contribution is -2.35. The molecule has 146 valence electrons. The summed E-state index contributed by atoms with van der Waals surface area (Å²) >= 11 is 0. The van der Waals surface area contributed by atoms with Crippen LogP contribution in [0.1, 0.15) is 11.5 Å². The lowest BCUT2D eigenvalue weighted by molar-refractivity contribution is -0.385. The van der Waals surface area contributed by atoms with E-state index in [2.05, 4.69) is 0 Å². The first-order valence-corrected chi connectivity index (χ1v) is 7.54. The minimum absolute atomic E-state index is 0.117. The fourth-order valence-corrected chi connectivity index (χ4v) is 2.35. The molecule has 0 bridgehead atoms. The van der Waals surface area contributed by atoms with Crippen LogP contribution in [0.4, 0.5) is 18.9 Å². The SMILES string of the molecule is O=c1cc(C(F)(F)F)[nH]c(=O)n1-c1ccc(OCc2ccco2)c([N+](=O)[O-])c1. The van der Waals surface area contributed by atoms with Gasteiger partial charge in [-0.1, -0.05) is 0 Å². The monoisotopic (exact) mass is 397 g/mol. The number of aromatic amines is 1. The fraction of sp³-hybridized carbons (Fsp3) is 0.125. The molecular formula is C16H10F3N3O6. The molecule has 3 rings (SSSR count). The van der Waals surface area contributed by atoms with Gasteiger partial charge >= 0.3 is 17.6 Å². The average molecular weight is 397 g/mol. The largest absolute Gasteiger partial charge is 0.479 e. The number of hydrogen-bond acceptors (Lipinski definition) is 6. The maximum Gasteiger partial charge on any atom is 0.431 e. The van der Waals surface area contributed by atoms with E-state index < -0.39 is 33.7 Å². The molecule has 0 spiro atoms. The second-order valence-corrected chi connectivity index (χ2v) is 5.44. The summed E-state index contributed by atoms with van der Waals surface area (Å²) in [7, 11) is 0. The van der Waals surface area contributed by atoms with Crippen molar-refractivity contribution in [1.82, 2.24) is 9.55 Å². The Balaban J connectivity index is 2.02. The van der Waals surface area contributed by atoms with Gasteiger partial charge in [0.2, 0.25) is 0 Å². The molecule has 0 amide bonds. The van der Waals surface area contributed by atoms with Crippen molar-refractivity contribution in [2.24, 2.45) is 0 Å². The first-order valence-electron chi connectivity index (χ1n) is 7.54. The van der Waals surface area contributed by atoms with Gasteiger partial charge in [0.25, 0.3) is 5.56 Å². The summed E-state index contributed by atoms with van der Waals surface area (Å²) in [4.78, 5) is 36.0. The number of ether oxygens (including phenoxy) is 1. The van der Waals surface area contributed by atoms with Gasteiger partial charge in [-0.2, -0.15) is 13.2 Å². The van der Waals surface area contributed by atoms with Crippen molar-refractivity contribution in [2.75, 3.05) is 0 Å². The highest BCUT2D eigenvalue weighted by Gasteiger charge is 2.33. The van der Waals surface area contributed by atoms with Gasteiger partial charge in [-0.05, 0) is 24.3 Å². The first kappa shape index (κ1) is 18.9. The molecule has 1 aromatic carbocycles. The van der Waals surface area contributed by atoms with Crippen molar-refractivity contribution in [1.29, 1.82) is 0 Å². The summed E-state index contributed by atoms with van der Waals surface area (Å²) < 4.78 is 48.7. The van der Waals surface area contributed by atoms with Crippen molar-refractivity contribution in [3.05, 3.63) is 85.1 Å². The molecule has 12 heteroatoms. The van der Waals surface area contributed by atoms with E-state index in [1.54, 1.807) is 12.1 Å². The predicted octanol–water partition coefficient (Wildman–Crippen LogP) is 2.62. The molecule has 2 aromatic heterocycles. The number of halogens is 3. The van der Waals surface area contributed by atoms with Crippen molar-refractivity contribution < 1.29 is 27.2 Å². The van der Waals surface area contributed by atoms with Gasteiger partial charge in [-0.15, -0.1) is 0 Å². The van der Waals surface area contributed by atoms with Crippen molar-refractivity contribution >= 4 is 5.69 Å². The summed E-state index contributed by atoms with van der Waals surface area (Å²) in [6, 6.07) is 6.48. The maximum absolute atomic E-state index is 12.7. The number of nitro groups is 1. The molecule has 2 heterocycles. The number of rotatable bonds is 5. The van der Waals surface area contributed by atoms with Gasteiger partial charge < -0.3 is 14.1 Å². The molecule has 0 atom stereocenters. The van der Waals surface area contributed by atoms with E-state index in [4.69, 9.17) is 9.15 Å². The number of alkyl halides is 3. The second kappa shape index (κ2) is 7.06. The number of nitrogens with one attached hydrogen (secondary N) is 1. The minimum Gasteiger partial charge on any atom is -0.479 e. The normalized spacial score (nSPS) is 11.4. The van der Waals surface area contributed by atoms with E-state index in [9.17, 15) is 32.9 Å². The maximum atomic E-state index is 12.7. The Bertz CT molecular complexity index is 1100. The molecule has 0 aliphatic heterocycles. The van der Waals surface area contributed by atoms with Crippen molar-refractivity contribution in [3.63, 3.8) is 0 Å². The highest BCUT2D eigenvalue weighted by molar-refractivity contribution is 5.53. The van der Waals surface area contributed by atoms with Gasteiger partial charge in [0.15, 0.2) is 5.75 Å². The van der Waals surface area contributed by atoms with E-state index in [0.717, 1.165) is 18.2 Å². The van der Waals surface area contributed by atoms with Crippen LogP contribution in [-0.4, -0.2) is 14.5 Å². The van der Waals surface area contributed by atoms with Crippen LogP contribution in [0.25, 0.3) is 5.69 Å². The van der Waals surface area contributed by atoms with Gasteiger partial charge in [0, 0.05) is 12.1 Å². The van der Waals surface area contributed by atoms with Crippen molar-refractivity contribution in [3.8, 4) is 11.4 Å². The molecule has 0 radical (unpaired) electrons. The number of benzene rings is 1. The zero-order valence-corrected chi connectivity index (χ0v) is 13.7. The Labute approximate surface area is 152 Å². The fourth-order valence-electron chi connectivity index (χ4n) is 2.35. The Morgan fingerprint density at radius 1 is 1.21 bits per heavy atom. The molecule has 0 aliphatic carbocycles. The molecule has 0 fully saturated rings. The Morgan fingerprint density at radius 3 is 2.54 bits per heavy atom. The van der Waals surface area contributed by atoms with Crippen LogP contribution in [0.5, 0.6) is 5.75 Å². The molecule has 0 unspecified atom stereocenters. The molecule has 0 saturated heterocycles. The number of H-pyrrole nitrogens is 1. The van der Waals surface area contributed by atoms with E-state index >= 15 is 0 Å². The highest BCUT2D eigenvalue weighted by atomic mass is 19.4. The third-order valence-electron chi connectivity index (χ3n) is 3.59. The van der Waals surface area contributed by atoms with Gasteiger partial charge in [0.1, 0.15) is 18.1 Å². The number of nitro benzene ring substituents is 1. The van der Waals surface area contributed by atoms with Crippen LogP contribution in [0.15, 0.2) is 56.7 Å². The lowest BCUT2D eigenvalue weighted by atomic mass is 10.2. The Kier molecular flexibility index (Phi) is 4.78. The van der Waals surface area contributed by atoms with Crippen LogP contribution >= 0.6 is 0 Å². The molecule has 0 aliphatic rings. The van der Waals surface area contributed by atoms with Crippen LogP contribution in [-0.2, 0) is 12.8 Å². The van der Waals surface area contributed by atoms with E-state index in [1.807, 2.05) is 0 Å². The van der Waals surface area contributed by atoms with Crippen LogP contribution in [0, 0.1) is 10.1 Å². The third-order valence-corrected chi connectivity index (χ3v) is 3.59. The summed E-state index contributed by atoms with van der Waals surface area (Å²) in [5, 5.41) is 11.3. The highest BCUT2D eigenvalue weighted by Crippen LogP contribution is 2.30. The smallest absolute Gasteiger partial charge is 0.431 e. The standard InChI is InChI=1S/C16H10F3N3O6/c17-16(18,19)13-7-14(23)21(15(24)20-13)9-3-4-12(11(6-9)22(25)26)28-8-10-2-1-5-27-10/h1-7H,8H2,(H,20,24). The van der Waals surface area contributed by atoms with Crippen molar-refractivity contribution in [2.45, 2.75) is 12.8 Å².